The molecule has 1 aromatic rings. The van der Waals surface area contributed by atoms with Crippen LogP contribution in [0.3, 0.4) is 0 Å². The number of non-ortho nitro benzene ring substituents is 1. The highest BCUT2D eigenvalue weighted by atomic mass is 35.5. The van der Waals surface area contributed by atoms with Crippen molar-refractivity contribution in [3.63, 3.8) is 0 Å². The second-order valence-corrected chi connectivity index (χ2v) is 5.30. The van der Waals surface area contributed by atoms with Crippen molar-refractivity contribution in [2.75, 3.05) is 6.54 Å². The molecule has 6 nitrogen and oxygen atoms in total. The van der Waals surface area contributed by atoms with E-state index in [1.807, 2.05) is 0 Å². The molecule has 7 heteroatoms. The highest BCUT2D eigenvalue weighted by Gasteiger charge is 2.19. The molecular weight excluding hydrogens is 294 g/mol. The third kappa shape index (κ3) is 4.99. The van der Waals surface area contributed by atoms with Crippen LogP contribution in [-0.2, 0) is 0 Å². The number of benzene rings is 1. The topological polar surface area (TPSA) is 98.3 Å². The van der Waals surface area contributed by atoms with E-state index in [9.17, 15) is 14.9 Å². The number of nitrogens with one attached hydrogen (secondary N) is 1. The molecule has 0 unspecified atom stereocenters. The van der Waals surface area contributed by atoms with E-state index < -0.39 is 4.92 Å². The van der Waals surface area contributed by atoms with Crippen LogP contribution in [0.4, 0.5) is 5.69 Å². The molecule has 0 heterocycles. The monoisotopic (exact) mass is 313 g/mol. The summed E-state index contributed by atoms with van der Waals surface area (Å²) in [6.45, 7) is 0.605. The molecule has 1 aliphatic rings. The molecule has 0 aromatic heterocycles. The lowest BCUT2D eigenvalue weighted by molar-refractivity contribution is -0.384. The maximum absolute atomic E-state index is 12.0. The van der Waals surface area contributed by atoms with Gasteiger partial charge in [-0.2, -0.15) is 0 Å². The van der Waals surface area contributed by atoms with Crippen molar-refractivity contribution >= 4 is 24.0 Å². The molecule has 0 radical (unpaired) electrons. The minimum Gasteiger partial charge on any atom is -0.352 e. The Morgan fingerprint density at radius 1 is 1.33 bits per heavy atom. The van der Waals surface area contributed by atoms with Crippen molar-refractivity contribution in [3.8, 4) is 0 Å². The Hall–Kier alpha value is -1.66. The van der Waals surface area contributed by atoms with Gasteiger partial charge in [-0.25, -0.2) is 0 Å². The van der Waals surface area contributed by atoms with Crippen molar-refractivity contribution in [1.82, 2.24) is 5.32 Å². The minimum atomic E-state index is -0.501. The average molecular weight is 314 g/mol. The number of halogens is 1. The number of nitrogens with two attached hydrogens (primary N) is 1. The Bertz CT molecular complexity index is 502. The van der Waals surface area contributed by atoms with Gasteiger partial charge in [-0.3, -0.25) is 14.9 Å². The number of amides is 1. The summed E-state index contributed by atoms with van der Waals surface area (Å²) in [6.07, 6.45) is 4.04. The van der Waals surface area contributed by atoms with E-state index in [1.165, 1.54) is 18.2 Å². The molecule has 0 spiro atoms. The number of nitro benzene ring substituents is 1. The van der Waals surface area contributed by atoms with Crippen LogP contribution in [0.1, 0.15) is 36.0 Å². The molecule has 1 saturated carbocycles. The zero-order chi connectivity index (χ0) is 14.5. The zero-order valence-electron chi connectivity index (χ0n) is 11.7. The molecule has 0 bridgehead atoms. The van der Waals surface area contributed by atoms with E-state index in [-0.39, 0.29) is 24.0 Å². The van der Waals surface area contributed by atoms with Gasteiger partial charge in [-0.1, -0.05) is 6.07 Å². The highest BCUT2D eigenvalue weighted by Crippen LogP contribution is 2.22. The lowest BCUT2D eigenvalue weighted by atomic mass is 9.86. The fourth-order valence-corrected chi connectivity index (χ4v) is 2.49. The van der Waals surface area contributed by atoms with Gasteiger partial charge in [-0.15, -0.1) is 12.4 Å². The van der Waals surface area contributed by atoms with E-state index >= 15 is 0 Å². The van der Waals surface area contributed by atoms with Crippen molar-refractivity contribution in [3.05, 3.63) is 39.9 Å². The summed E-state index contributed by atoms with van der Waals surface area (Å²) in [5.74, 6) is 0.195. The maximum Gasteiger partial charge on any atom is 0.270 e. The average Bonchev–Trinajstić information content (AvgIpc) is 2.46. The van der Waals surface area contributed by atoms with E-state index in [4.69, 9.17) is 5.73 Å². The smallest absolute Gasteiger partial charge is 0.270 e. The first-order valence-electron chi connectivity index (χ1n) is 6.84. The second-order valence-electron chi connectivity index (χ2n) is 5.30. The Morgan fingerprint density at radius 2 is 2.00 bits per heavy atom. The summed E-state index contributed by atoms with van der Waals surface area (Å²) in [7, 11) is 0. The Morgan fingerprint density at radius 3 is 2.62 bits per heavy atom. The van der Waals surface area contributed by atoms with Crippen molar-refractivity contribution in [1.29, 1.82) is 0 Å². The van der Waals surface area contributed by atoms with E-state index in [1.54, 1.807) is 6.07 Å². The van der Waals surface area contributed by atoms with Crippen LogP contribution in [0.15, 0.2) is 24.3 Å². The van der Waals surface area contributed by atoms with Crippen molar-refractivity contribution in [2.45, 2.75) is 31.7 Å². The van der Waals surface area contributed by atoms with E-state index in [0.717, 1.165) is 25.7 Å². The molecule has 3 N–H and O–H groups in total. The summed E-state index contributed by atoms with van der Waals surface area (Å²) >= 11 is 0. The first-order chi connectivity index (χ1) is 9.56. The van der Waals surface area contributed by atoms with Gasteiger partial charge < -0.3 is 11.1 Å². The van der Waals surface area contributed by atoms with Crippen LogP contribution in [0.5, 0.6) is 0 Å². The standard InChI is InChI=1S/C14H19N3O3.ClH/c15-12-6-4-10(5-7-12)9-16-14(18)11-2-1-3-13(8-11)17(19)20;/h1-3,8,10,12H,4-7,9,15H2,(H,16,18);1H. The molecule has 0 saturated heterocycles. The van der Waals surface area contributed by atoms with Gasteiger partial charge >= 0.3 is 0 Å². The van der Waals surface area contributed by atoms with Crippen LogP contribution in [0.25, 0.3) is 0 Å². The molecule has 1 aromatic carbocycles. The van der Waals surface area contributed by atoms with Crippen LogP contribution in [0.2, 0.25) is 0 Å². The van der Waals surface area contributed by atoms with Gasteiger partial charge in [0.15, 0.2) is 0 Å². The largest absolute Gasteiger partial charge is 0.352 e. The van der Waals surface area contributed by atoms with Crippen LogP contribution < -0.4 is 11.1 Å². The minimum absolute atomic E-state index is 0. The Labute approximate surface area is 129 Å². The van der Waals surface area contributed by atoms with Gasteiger partial charge in [-0.05, 0) is 37.7 Å². The number of carbonyl (C=O) groups excluding carboxylic acids is 1. The lowest BCUT2D eigenvalue weighted by Gasteiger charge is -2.26. The molecule has 116 valence electrons. The molecule has 0 aliphatic heterocycles. The number of nitro groups is 1. The van der Waals surface area contributed by atoms with Gasteiger partial charge in [0.1, 0.15) is 0 Å². The van der Waals surface area contributed by atoms with Gasteiger partial charge in [0, 0.05) is 30.3 Å². The second kappa shape index (κ2) is 7.95. The number of rotatable bonds is 4. The summed E-state index contributed by atoms with van der Waals surface area (Å²) in [4.78, 5) is 22.1. The summed E-state index contributed by atoms with van der Waals surface area (Å²) in [6, 6.07) is 6.07. The zero-order valence-corrected chi connectivity index (χ0v) is 12.5. The molecule has 1 amide bonds. The normalized spacial score (nSPS) is 21.2. The number of hydrogen-bond acceptors (Lipinski definition) is 4. The van der Waals surface area contributed by atoms with E-state index in [2.05, 4.69) is 5.32 Å². The quantitative estimate of drug-likeness (QED) is 0.658. The number of nitrogens with zero attached hydrogens (tertiary/aromatic N) is 1. The fourth-order valence-electron chi connectivity index (χ4n) is 2.49. The van der Waals surface area contributed by atoms with Gasteiger partial charge in [0.2, 0.25) is 0 Å². The SMILES string of the molecule is Cl.NC1CCC(CNC(=O)c2cccc([N+](=O)[O-])c2)CC1. The molecule has 21 heavy (non-hydrogen) atoms. The van der Waals surface area contributed by atoms with Crippen LogP contribution in [0, 0.1) is 16.0 Å². The molecule has 2 rings (SSSR count). The summed E-state index contributed by atoms with van der Waals surface area (Å²) < 4.78 is 0. The van der Waals surface area contributed by atoms with E-state index in [0.29, 0.717) is 24.1 Å². The van der Waals surface area contributed by atoms with Crippen molar-refractivity contribution in [2.24, 2.45) is 11.7 Å². The first kappa shape index (κ1) is 17.4. The molecule has 1 fully saturated rings. The third-order valence-electron chi connectivity index (χ3n) is 3.76. The highest BCUT2D eigenvalue weighted by molar-refractivity contribution is 5.94. The third-order valence-corrected chi connectivity index (χ3v) is 3.76. The number of carbonyl (C=O) groups is 1. The Kier molecular flexibility index (Phi) is 6.58. The van der Waals surface area contributed by atoms with Crippen molar-refractivity contribution < 1.29 is 9.72 Å². The van der Waals surface area contributed by atoms with Crippen LogP contribution >= 0.6 is 12.4 Å². The summed E-state index contributed by atoms with van der Waals surface area (Å²) in [5, 5.41) is 13.5. The number of hydrogen-bond donors (Lipinski definition) is 2. The molecular formula is C14H20ClN3O3. The molecule has 0 atom stereocenters. The predicted octanol–water partition coefficient (Wildman–Crippen LogP) is 2.26. The molecule has 1 aliphatic carbocycles. The van der Waals surface area contributed by atoms with Crippen LogP contribution in [-0.4, -0.2) is 23.4 Å². The first-order valence-corrected chi connectivity index (χ1v) is 6.84. The predicted molar refractivity (Wildman–Crippen MR) is 82.6 cm³/mol. The maximum atomic E-state index is 12.0. The van der Waals surface area contributed by atoms with Gasteiger partial charge in [0.05, 0.1) is 4.92 Å². The van der Waals surface area contributed by atoms with Gasteiger partial charge in [0.25, 0.3) is 11.6 Å². The lowest BCUT2D eigenvalue weighted by Crippen LogP contribution is -2.34. The Balaban J connectivity index is 0.00000220. The fraction of sp³-hybridized carbons (Fsp3) is 0.500. The summed E-state index contributed by atoms with van der Waals surface area (Å²) in [5.41, 5.74) is 6.10.